The SMILES string of the molecule is COc1ccc(CNCC(C#N)C(C)C)c(OC)c1. The van der Waals surface area contributed by atoms with Crippen LogP contribution >= 0.6 is 0 Å². The maximum Gasteiger partial charge on any atom is 0.127 e. The maximum atomic E-state index is 9.03. The summed E-state index contributed by atoms with van der Waals surface area (Å²) in [6.07, 6.45) is 0. The van der Waals surface area contributed by atoms with Gasteiger partial charge < -0.3 is 14.8 Å². The average molecular weight is 262 g/mol. The molecule has 0 aliphatic carbocycles. The van der Waals surface area contributed by atoms with Crippen LogP contribution in [0, 0.1) is 23.2 Å². The topological polar surface area (TPSA) is 54.3 Å². The molecule has 0 bridgehead atoms. The molecule has 0 aliphatic rings. The Hall–Kier alpha value is -1.73. The van der Waals surface area contributed by atoms with Gasteiger partial charge in [-0.2, -0.15) is 5.26 Å². The Morgan fingerprint density at radius 3 is 2.53 bits per heavy atom. The molecule has 0 saturated heterocycles. The molecule has 1 atom stereocenters. The van der Waals surface area contributed by atoms with Gasteiger partial charge in [0.2, 0.25) is 0 Å². The van der Waals surface area contributed by atoms with Crippen LogP contribution in [0.3, 0.4) is 0 Å². The molecule has 0 radical (unpaired) electrons. The van der Waals surface area contributed by atoms with E-state index in [1.807, 2.05) is 18.2 Å². The molecule has 0 aromatic heterocycles. The molecule has 0 aliphatic heterocycles. The predicted octanol–water partition coefficient (Wildman–Crippen LogP) is 2.59. The summed E-state index contributed by atoms with van der Waals surface area (Å²) in [5, 5.41) is 12.3. The van der Waals surface area contributed by atoms with Gasteiger partial charge in [0.15, 0.2) is 0 Å². The average Bonchev–Trinajstić information content (AvgIpc) is 2.43. The Labute approximate surface area is 115 Å². The lowest BCUT2D eigenvalue weighted by molar-refractivity contribution is 0.387. The van der Waals surface area contributed by atoms with Crippen molar-refractivity contribution in [3.63, 3.8) is 0 Å². The van der Waals surface area contributed by atoms with Crippen LogP contribution in [0.2, 0.25) is 0 Å². The van der Waals surface area contributed by atoms with E-state index in [2.05, 4.69) is 25.2 Å². The number of methoxy groups -OCH3 is 2. The van der Waals surface area contributed by atoms with Gasteiger partial charge in [-0.3, -0.25) is 0 Å². The monoisotopic (exact) mass is 262 g/mol. The van der Waals surface area contributed by atoms with Crippen molar-refractivity contribution in [3.8, 4) is 17.6 Å². The highest BCUT2D eigenvalue weighted by molar-refractivity contribution is 5.40. The zero-order valence-corrected chi connectivity index (χ0v) is 12.1. The van der Waals surface area contributed by atoms with Crippen molar-refractivity contribution < 1.29 is 9.47 Å². The van der Waals surface area contributed by atoms with Crippen LogP contribution in [0.5, 0.6) is 11.5 Å². The van der Waals surface area contributed by atoms with Gasteiger partial charge in [-0.05, 0) is 12.0 Å². The number of rotatable bonds is 7. The Morgan fingerprint density at radius 2 is 2.00 bits per heavy atom. The van der Waals surface area contributed by atoms with E-state index in [0.717, 1.165) is 17.1 Å². The van der Waals surface area contributed by atoms with E-state index in [1.165, 1.54) is 0 Å². The van der Waals surface area contributed by atoms with Crippen molar-refractivity contribution in [3.05, 3.63) is 23.8 Å². The first-order valence-electron chi connectivity index (χ1n) is 6.43. The van der Waals surface area contributed by atoms with Gasteiger partial charge in [0.25, 0.3) is 0 Å². The van der Waals surface area contributed by atoms with Gasteiger partial charge in [-0.15, -0.1) is 0 Å². The second-order valence-electron chi connectivity index (χ2n) is 4.79. The molecule has 4 nitrogen and oxygen atoms in total. The molecular formula is C15H22N2O2. The lowest BCUT2D eigenvalue weighted by Crippen LogP contribution is -2.25. The fraction of sp³-hybridized carbons (Fsp3) is 0.533. The highest BCUT2D eigenvalue weighted by Crippen LogP contribution is 2.24. The van der Waals surface area contributed by atoms with Crippen LogP contribution in [-0.2, 0) is 6.54 Å². The van der Waals surface area contributed by atoms with Crippen LogP contribution in [-0.4, -0.2) is 20.8 Å². The first-order valence-corrected chi connectivity index (χ1v) is 6.43. The Balaban J connectivity index is 2.60. The van der Waals surface area contributed by atoms with E-state index in [4.69, 9.17) is 14.7 Å². The lowest BCUT2D eigenvalue weighted by atomic mass is 9.97. The minimum Gasteiger partial charge on any atom is -0.497 e. The summed E-state index contributed by atoms with van der Waals surface area (Å²) in [5.74, 6) is 1.96. The molecule has 0 spiro atoms. The zero-order chi connectivity index (χ0) is 14.3. The summed E-state index contributed by atoms with van der Waals surface area (Å²) in [6.45, 7) is 5.48. The second kappa shape index (κ2) is 7.65. The number of benzene rings is 1. The molecule has 104 valence electrons. The number of nitriles is 1. The first-order chi connectivity index (χ1) is 9.12. The second-order valence-corrected chi connectivity index (χ2v) is 4.79. The van der Waals surface area contributed by atoms with Crippen molar-refractivity contribution in [2.45, 2.75) is 20.4 Å². The highest BCUT2D eigenvalue weighted by atomic mass is 16.5. The molecule has 0 amide bonds. The molecule has 1 rings (SSSR count). The lowest BCUT2D eigenvalue weighted by Gasteiger charge is -2.15. The fourth-order valence-corrected chi connectivity index (χ4v) is 1.79. The van der Waals surface area contributed by atoms with Gasteiger partial charge in [0.1, 0.15) is 11.5 Å². The third-order valence-electron chi connectivity index (χ3n) is 3.14. The summed E-state index contributed by atoms with van der Waals surface area (Å²) >= 11 is 0. The summed E-state index contributed by atoms with van der Waals surface area (Å²) in [4.78, 5) is 0. The summed E-state index contributed by atoms with van der Waals surface area (Å²) in [7, 11) is 3.28. The van der Waals surface area contributed by atoms with Gasteiger partial charge in [-0.1, -0.05) is 19.9 Å². The van der Waals surface area contributed by atoms with E-state index < -0.39 is 0 Å². The van der Waals surface area contributed by atoms with Crippen LogP contribution < -0.4 is 14.8 Å². The molecule has 1 N–H and O–H groups in total. The minimum atomic E-state index is 0.0317. The number of hydrogen-bond acceptors (Lipinski definition) is 4. The molecule has 0 fully saturated rings. The largest absolute Gasteiger partial charge is 0.497 e. The number of nitrogens with zero attached hydrogens (tertiary/aromatic N) is 1. The minimum absolute atomic E-state index is 0.0317. The van der Waals surface area contributed by atoms with E-state index in [-0.39, 0.29) is 5.92 Å². The van der Waals surface area contributed by atoms with E-state index in [0.29, 0.717) is 19.0 Å². The quantitative estimate of drug-likeness (QED) is 0.820. The van der Waals surface area contributed by atoms with Crippen LogP contribution in [0.1, 0.15) is 19.4 Å². The standard InChI is InChI=1S/C15H22N2O2/c1-11(2)13(8-16)10-17-9-12-5-6-14(18-3)7-15(12)19-4/h5-7,11,13,17H,9-10H2,1-4H3. The number of nitrogens with one attached hydrogen (secondary N) is 1. The number of hydrogen-bond donors (Lipinski definition) is 1. The Bertz CT molecular complexity index is 438. The molecule has 1 unspecified atom stereocenters. The van der Waals surface area contributed by atoms with Gasteiger partial charge in [0.05, 0.1) is 26.2 Å². The molecule has 0 saturated carbocycles. The van der Waals surface area contributed by atoms with E-state index >= 15 is 0 Å². The zero-order valence-electron chi connectivity index (χ0n) is 12.1. The maximum absolute atomic E-state index is 9.03. The van der Waals surface area contributed by atoms with Gasteiger partial charge in [0, 0.05) is 24.7 Å². The summed E-state index contributed by atoms with van der Waals surface area (Å²) in [6, 6.07) is 8.06. The molecule has 0 heterocycles. The third kappa shape index (κ3) is 4.46. The highest BCUT2D eigenvalue weighted by Gasteiger charge is 2.12. The van der Waals surface area contributed by atoms with Gasteiger partial charge in [-0.25, -0.2) is 0 Å². The van der Waals surface area contributed by atoms with Crippen molar-refractivity contribution in [2.75, 3.05) is 20.8 Å². The normalized spacial score (nSPS) is 12.0. The van der Waals surface area contributed by atoms with Crippen molar-refractivity contribution in [2.24, 2.45) is 11.8 Å². The molecular weight excluding hydrogens is 240 g/mol. The smallest absolute Gasteiger partial charge is 0.127 e. The first kappa shape index (κ1) is 15.3. The van der Waals surface area contributed by atoms with Crippen LogP contribution in [0.25, 0.3) is 0 Å². The Morgan fingerprint density at radius 1 is 1.26 bits per heavy atom. The van der Waals surface area contributed by atoms with E-state index in [1.54, 1.807) is 14.2 Å². The molecule has 1 aromatic carbocycles. The molecule has 1 aromatic rings. The Kier molecular flexibility index (Phi) is 6.17. The van der Waals surface area contributed by atoms with Crippen molar-refractivity contribution >= 4 is 0 Å². The number of ether oxygens (including phenoxy) is 2. The third-order valence-corrected chi connectivity index (χ3v) is 3.14. The summed E-state index contributed by atoms with van der Waals surface area (Å²) in [5.41, 5.74) is 1.06. The van der Waals surface area contributed by atoms with Crippen LogP contribution in [0.4, 0.5) is 0 Å². The van der Waals surface area contributed by atoms with Crippen molar-refractivity contribution in [1.29, 1.82) is 5.26 Å². The van der Waals surface area contributed by atoms with Crippen LogP contribution in [0.15, 0.2) is 18.2 Å². The molecule has 19 heavy (non-hydrogen) atoms. The fourth-order valence-electron chi connectivity index (χ4n) is 1.79. The predicted molar refractivity (Wildman–Crippen MR) is 75.2 cm³/mol. The molecule has 4 heteroatoms. The van der Waals surface area contributed by atoms with Gasteiger partial charge >= 0.3 is 0 Å². The summed E-state index contributed by atoms with van der Waals surface area (Å²) < 4.78 is 10.5. The van der Waals surface area contributed by atoms with E-state index in [9.17, 15) is 0 Å². The van der Waals surface area contributed by atoms with Crippen molar-refractivity contribution in [1.82, 2.24) is 5.32 Å².